The van der Waals surface area contributed by atoms with Crippen molar-refractivity contribution in [2.24, 2.45) is 11.3 Å². The molecule has 1 aliphatic carbocycles. The van der Waals surface area contributed by atoms with Crippen molar-refractivity contribution in [2.45, 2.75) is 71.8 Å². The van der Waals surface area contributed by atoms with Gasteiger partial charge in [0.1, 0.15) is 0 Å². The summed E-state index contributed by atoms with van der Waals surface area (Å²) in [5.41, 5.74) is -0.230. The third-order valence-electron chi connectivity index (χ3n) is 4.02. The van der Waals surface area contributed by atoms with Gasteiger partial charge in [0.25, 0.3) is 0 Å². The Morgan fingerprint density at radius 1 is 1.21 bits per heavy atom. The fraction of sp³-hybridized carbons (Fsp3) is 1.00. The molecule has 0 aromatic rings. The molecular weight excluding hydrogens is 172 g/mol. The second-order valence-electron chi connectivity index (χ2n) is 6.06. The maximum Gasteiger partial charge on any atom is 0.0698 e. The Bertz CT molecular complexity index is 184. The topological polar surface area (TPSA) is 20.2 Å². The molecule has 0 heterocycles. The minimum absolute atomic E-state index is 0.143. The number of hydrogen-bond acceptors (Lipinski definition) is 1. The second kappa shape index (κ2) is 4.22. The zero-order valence-electron chi connectivity index (χ0n) is 10.3. The number of hydrogen-bond donors (Lipinski definition) is 1. The predicted octanol–water partition coefficient (Wildman–Crippen LogP) is 3.75. The van der Waals surface area contributed by atoms with Crippen LogP contribution in [0.25, 0.3) is 0 Å². The van der Waals surface area contributed by atoms with Crippen molar-refractivity contribution in [1.29, 1.82) is 0 Å². The van der Waals surface area contributed by atoms with Gasteiger partial charge in [0.05, 0.1) is 5.60 Å². The highest BCUT2D eigenvalue weighted by atomic mass is 16.3. The van der Waals surface area contributed by atoms with Crippen molar-refractivity contribution >= 4 is 0 Å². The largest absolute Gasteiger partial charge is 0.389 e. The molecule has 0 aliphatic heterocycles. The molecule has 14 heavy (non-hydrogen) atoms. The molecule has 0 bridgehead atoms. The van der Waals surface area contributed by atoms with Crippen molar-refractivity contribution in [3.63, 3.8) is 0 Å². The molecule has 0 aromatic carbocycles. The van der Waals surface area contributed by atoms with Gasteiger partial charge in [-0.25, -0.2) is 0 Å². The maximum absolute atomic E-state index is 10.5. The lowest BCUT2D eigenvalue weighted by Crippen LogP contribution is -2.39. The van der Waals surface area contributed by atoms with Crippen LogP contribution >= 0.6 is 0 Å². The van der Waals surface area contributed by atoms with Gasteiger partial charge >= 0.3 is 0 Å². The Morgan fingerprint density at radius 2 is 1.86 bits per heavy atom. The minimum Gasteiger partial charge on any atom is -0.389 e. The lowest BCUT2D eigenvalue weighted by Gasteiger charge is -2.37. The van der Waals surface area contributed by atoms with E-state index < -0.39 is 0 Å². The molecule has 84 valence electrons. The molecule has 0 spiro atoms. The van der Waals surface area contributed by atoms with E-state index in [1.54, 1.807) is 0 Å². The zero-order chi connectivity index (χ0) is 10.8. The van der Waals surface area contributed by atoms with Crippen LogP contribution in [0.1, 0.15) is 66.2 Å². The van der Waals surface area contributed by atoms with Crippen LogP contribution in [0.5, 0.6) is 0 Å². The fourth-order valence-corrected chi connectivity index (χ4v) is 2.66. The predicted molar refractivity (Wildman–Crippen MR) is 61.3 cm³/mol. The lowest BCUT2D eigenvalue weighted by atomic mass is 9.75. The highest BCUT2D eigenvalue weighted by Gasteiger charge is 2.46. The molecule has 1 saturated carbocycles. The first kappa shape index (κ1) is 12.0. The quantitative estimate of drug-likeness (QED) is 0.729. The standard InChI is InChI=1S/C13H26O/c1-11(2)7-5-9-13(14)10-6-8-12(13,3)4/h11,14H,5-10H2,1-4H3. The van der Waals surface area contributed by atoms with Crippen molar-refractivity contribution in [3.05, 3.63) is 0 Å². The van der Waals surface area contributed by atoms with Crippen molar-refractivity contribution in [3.8, 4) is 0 Å². The van der Waals surface area contributed by atoms with Crippen LogP contribution in [0, 0.1) is 11.3 Å². The van der Waals surface area contributed by atoms with Crippen LogP contribution in [0.4, 0.5) is 0 Å². The van der Waals surface area contributed by atoms with Gasteiger partial charge in [-0.3, -0.25) is 0 Å². The first-order valence-corrected chi connectivity index (χ1v) is 6.10. The summed E-state index contributed by atoms with van der Waals surface area (Å²) in [6, 6.07) is 0. The average molecular weight is 198 g/mol. The first-order valence-electron chi connectivity index (χ1n) is 6.10. The maximum atomic E-state index is 10.5. The van der Waals surface area contributed by atoms with Crippen LogP contribution in [0.15, 0.2) is 0 Å². The summed E-state index contributed by atoms with van der Waals surface area (Å²) >= 11 is 0. The van der Waals surface area contributed by atoms with Gasteiger partial charge in [0, 0.05) is 0 Å². The fourth-order valence-electron chi connectivity index (χ4n) is 2.66. The first-order chi connectivity index (χ1) is 6.37. The Kier molecular flexibility index (Phi) is 3.63. The van der Waals surface area contributed by atoms with Crippen LogP contribution in [-0.2, 0) is 0 Å². The Hall–Kier alpha value is -0.0400. The molecule has 0 radical (unpaired) electrons. The molecule has 0 saturated heterocycles. The number of aliphatic hydroxyl groups is 1. The lowest BCUT2D eigenvalue weighted by molar-refractivity contribution is -0.0515. The molecule has 1 unspecified atom stereocenters. The molecule has 1 N–H and O–H groups in total. The molecule has 1 nitrogen and oxygen atoms in total. The van der Waals surface area contributed by atoms with Gasteiger partial charge < -0.3 is 5.11 Å². The zero-order valence-corrected chi connectivity index (χ0v) is 10.3. The van der Waals surface area contributed by atoms with E-state index in [0.29, 0.717) is 0 Å². The molecule has 1 rings (SSSR count). The smallest absolute Gasteiger partial charge is 0.0698 e. The monoisotopic (exact) mass is 198 g/mol. The van der Waals surface area contributed by atoms with E-state index in [0.717, 1.165) is 18.8 Å². The summed E-state index contributed by atoms with van der Waals surface area (Å²) < 4.78 is 0. The van der Waals surface area contributed by atoms with E-state index in [-0.39, 0.29) is 11.0 Å². The number of rotatable bonds is 4. The van der Waals surface area contributed by atoms with Crippen molar-refractivity contribution < 1.29 is 5.11 Å². The van der Waals surface area contributed by atoms with Crippen molar-refractivity contribution in [1.82, 2.24) is 0 Å². The average Bonchev–Trinajstić information content (AvgIpc) is 2.26. The summed E-state index contributed by atoms with van der Waals surface area (Å²) in [6.45, 7) is 8.94. The van der Waals surface area contributed by atoms with Crippen LogP contribution in [0.3, 0.4) is 0 Å². The van der Waals surface area contributed by atoms with E-state index in [1.165, 1.54) is 25.7 Å². The Labute approximate surface area is 88.9 Å². The molecule has 0 amide bonds. The van der Waals surface area contributed by atoms with Gasteiger partial charge in [-0.1, -0.05) is 40.5 Å². The third-order valence-corrected chi connectivity index (χ3v) is 4.02. The highest BCUT2D eigenvalue weighted by Crippen LogP contribution is 2.48. The van der Waals surface area contributed by atoms with E-state index in [2.05, 4.69) is 27.7 Å². The van der Waals surface area contributed by atoms with Gasteiger partial charge in [-0.05, 0) is 37.0 Å². The third kappa shape index (κ3) is 2.50. The van der Waals surface area contributed by atoms with Crippen LogP contribution < -0.4 is 0 Å². The summed E-state index contributed by atoms with van der Waals surface area (Å²) in [5, 5.41) is 10.5. The summed E-state index contributed by atoms with van der Waals surface area (Å²) in [7, 11) is 0. The Balaban J connectivity index is 2.42. The molecule has 1 heteroatoms. The van der Waals surface area contributed by atoms with Crippen molar-refractivity contribution in [2.75, 3.05) is 0 Å². The molecule has 1 aliphatic rings. The molecular formula is C13H26O. The Morgan fingerprint density at radius 3 is 2.29 bits per heavy atom. The van der Waals surface area contributed by atoms with Gasteiger partial charge in [-0.15, -0.1) is 0 Å². The van der Waals surface area contributed by atoms with Gasteiger partial charge in [-0.2, -0.15) is 0 Å². The second-order valence-corrected chi connectivity index (χ2v) is 6.06. The van der Waals surface area contributed by atoms with Crippen LogP contribution in [-0.4, -0.2) is 10.7 Å². The molecule has 1 fully saturated rings. The van der Waals surface area contributed by atoms with Gasteiger partial charge in [0.15, 0.2) is 0 Å². The van der Waals surface area contributed by atoms with E-state index >= 15 is 0 Å². The normalized spacial score (nSPS) is 31.3. The summed E-state index contributed by atoms with van der Waals surface area (Å²) in [5.74, 6) is 0.767. The van der Waals surface area contributed by atoms with Crippen LogP contribution in [0.2, 0.25) is 0 Å². The van der Waals surface area contributed by atoms with E-state index in [9.17, 15) is 5.11 Å². The SMILES string of the molecule is CC(C)CCCC1(O)CCCC1(C)C. The van der Waals surface area contributed by atoms with E-state index in [4.69, 9.17) is 0 Å². The van der Waals surface area contributed by atoms with Gasteiger partial charge in [0.2, 0.25) is 0 Å². The summed E-state index contributed by atoms with van der Waals surface area (Å²) in [6.07, 6.45) is 6.82. The van der Waals surface area contributed by atoms with E-state index in [1.807, 2.05) is 0 Å². The molecule has 0 aromatic heterocycles. The minimum atomic E-state index is -0.373. The molecule has 1 atom stereocenters. The summed E-state index contributed by atoms with van der Waals surface area (Å²) in [4.78, 5) is 0. The highest BCUT2D eigenvalue weighted by molar-refractivity contribution is 4.98.